The molecule has 5 heteroatoms. The summed E-state index contributed by atoms with van der Waals surface area (Å²) in [6.07, 6.45) is 3.43. The second-order valence-electron chi connectivity index (χ2n) is 6.74. The Hall–Kier alpha value is -2.14. The van der Waals surface area contributed by atoms with E-state index in [0.29, 0.717) is 39.4 Å². The van der Waals surface area contributed by atoms with Crippen LogP contribution < -0.4 is 0 Å². The summed E-state index contributed by atoms with van der Waals surface area (Å²) in [5, 5.41) is 0. The van der Waals surface area contributed by atoms with Gasteiger partial charge in [-0.3, -0.25) is 9.59 Å². The maximum atomic E-state index is 12.6. The molecule has 134 valence electrons. The molecule has 0 saturated carbocycles. The molecule has 0 aromatic heterocycles. The first-order valence-electron chi connectivity index (χ1n) is 9.04. The molecule has 0 bridgehead atoms. The fraction of sp³-hybridized carbons (Fsp3) is 0.500. The van der Waals surface area contributed by atoms with Crippen LogP contribution in [0.5, 0.6) is 0 Å². The van der Waals surface area contributed by atoms with Crippen molar-refractivity contribution in [2.75, 3.05) is 39.4 Å². The number of hydrogen-bond acceptors (Lipinski definition) is 3. The molecular formula is C20H26N2O3. The van der Waals surface area contributed by atoms with Crippen molar-refractivity contribution in [2.24, 2.45) is 5.92 Å². The summed E-state index contributed by atoms with van der Waals surface area (Å²) in [4.78, 5) is 29.0. The van der Waals surface area contributed by atoms with Gasteiger partial charge in [0.25, 0.3) is 0 Å². The summed E-state index contributed by atoms with van der Waals surface area (Å²) in [5.74, 6) is 0.341. The number of ether oxygens (including phenoxy) is 1. The Kier molecular flexibility index (Phi) is 5.87. The molecule has 2 saturated heterocycles. The van der Waals surface area contributed by atoms with Crippen LogP contribution in [0.3, 0.4) is 0 Å². The van der Waals surface area contributed by atoms with Crippen molar-refractivity contribution in [3.05, 3.63) is 41.5 Å². The Balaban J connectivity index is 1.53. The van der Waals surface area contributed by atoms with E-state index in [1.807, 2.05) is 53.1 Å². The zero-order valence-corrected chi connectivity index (χ0v) is 14.8. The Morgan fingerprint density at radius 2 is 1.64 bits per heavy atom. The number of morpholine rings is 1. The van der Waals surface area contributed by atoms with Crippen LogP contribution in [0, 0.1) is 5.92 Å². The van der Waals surface area contributed by atoms with Gasteiger partial charge in [-0.2, -0.15) is 0 Å². The van der Waals surface area contributed by atoms with Crippen molar-refractivity contribution in [3.8, 4) is 0 Å². The first kappa shape index (κ1) is 17.7. The third-order valence-corrected chi connectivity index (χ3v) is 4.97. The Morgan fingerprint density at radius 1 is 1.00 bits per heavy atom. The van der Waals surface area contributed by atoms with Crippen molar-refractivity contribution >= 4 is 17.9 Å². The summed E-state index contributed by atoms with van der Waals surface area (Å²) in [6, 6.07) is 9.87. The first-order valence-corrected chi connectivity index (χ1v) is 9.04. The maximum absolute atomic E-state index is 12.6. The number of carbonyl (C=O) groups is 2. The molecule has 0 spiro atoms. The number of amides is 2. The topological polar surface area (TPSA) is 49.9 Å². The lowest BCUT2D eigenvalue weighted by Gasteiger charge is -2.35. The van der Waals surface area contributed by atoms with Crippen LogP contribution >= 0.6 is 0 Å². The zero-order chi connectivity index (χ0) is 17.6. The van der Waals surface area contributed by atoms with E-state index in [1.165, 1.54) is 0 Å². The number of piperidine rings is 1. The largest absolute Gasteiger partial charge is 0.378 e. The number of hydrogen-bond donors (Lipinski definition) is 0. The summed E-state index contributed by atoms with van der Waals surface area (Å²) < 4.78 is 5.31. The zero-order valence-electron chi connectivity index (χ0n) is 14.8. The highest BCUT2D eigenvalue weighted by Gasteiger charge is 2.31. The van der Waals surface area contributed by atoms with Crippen LogP contribution in [-0.4, -0.2) is 61.0 Å². The second kappa shape index (κ2) is 8.30. The van der Waals surface area contributed by atoms with E-state index in [-0.39, 0.29) is 17.7 Å². The first-order chi connectivity index (χ1) is 12.1. The highest BCUT2D eigenvalue weighted by molar-refractivity contribution is 5.97. The molecule has 0 N–H and O–H groups in total. The smallest absolute Gasteiger partial charge is 0.249 e. The third-order valence-electron chi connectivity index (χ3n) is 4.97. The third kappa shape index (κ3) is 4.48. The maximum Gasteiger partial charge on any atom is 0.249 e. The van der Waals surface area contributed by atoms with Crippen LogP contribution in [0.25, 0.3) is 6.08 Å². The quantitative estimate of drug-likeness (QED) is 0.791. The van der Waals surface area contributed by atoms with E-state index in [4.69, 9.17) is 4.74 Å². The molecule has 2 fully saturated rings. The molecule has 2 aliphatic rings. The molecule has 1 aromatic rings. The van der Waals surface area contributed by atoms with Gasteiger partial charge < -0.3 is 14.5 Å². The Bertz CT molecular complexity index is 628. The lowest BCUT2D eigenvalue weighted by atomic mass is 9.94. The summed E-state index contributed by atoms with van der Waals surface area (Å²) in [7, 11) is 0. The Morgan fingerprint density at radius 3 is 2.28 bits per heavy atom. The molecular weight excluding hydrogens is 316 g/mol. The van der Waals surface area contributed by atoms with Crippen molar-refractivity contribution < 1.29 is 14.3 Å². The fourth-order valence-corrected chi connectivity index (χ4v) is 3.48. The van der Waals surface area contributed by atoms with E-state index in [9.17, 15) is 9.59 Å². The molecule has 3 rings (SSSR count). The predicted molar refractivity (Wildman–Crippen MR) is 96.8 cm³/mol. The Labute approximate surface area is 149 Å². The van der Waals surface area contributed by atoms with Gasteiger partial charge >= 0.3 is 0 Å². The second-order valence-corrected chi connectivity index (χ2v) is 6.74. The molecule has 2 aliphatic heterocycles. The van der Waals surface area contributed by atoms with Crippen LogP contribution in [-0.2, 0) is 14.3 Å². The lowest BCUT2D eigenvalue weighted by Crippen LogP contribution is -2.47. The van der Waals surface area contributed by atoms with Crippen LogP contribution in [0.1, 0.15) is 25.3 Å². The molecule has 2 heterocycles. The molecule has 0 aliphatic carbocycles. The van der Waals surface area contributed by atoms with Gasteiger partial charge in [-0.1, -0.05) is 30.3 Å². The molecule has 2 amide bonds. The van der Waals surface area contributed by atoms with E-state index in [2.05, 4.69) is 0 Å². The predicted octanol–water partition coefficient (Wildman–Crippen LogP) is 2.19. The molecule has 1 aromatic carbocycles. The standard InChI is InChI=1S/C20H26N2O3/c1-16(15-17-5-3-2-4-6-17)19(23)21-9-7-18(8-10-21)20(24)22-11-13-25-14-12-22/h2-6,15,18H,7-14H2,1H3/b16-15+. The van der Waals surface area contributed by atoms with Gasteiger partial charge in [0.2, 0.25) is 11.8 Å². The van der Waals surface area contributed by atoms with Crippen LogP contribution in [0.15, 0.2) is 35.9 Å². The van der Waals surface area contributed by atoms with Gasteiger partial charge in [-0.15, -0.1) is 0 Å². The monoisotopic (exact) mass is 342 g/mol. The summed E-state index contributed by atoms with van der Waals surface area (Å²) >= 11 is 0. The van der Waals surface area contributed by atoms with Gasteiger partial charge in [0.15, 0.2) is 0 Å². The number of rotatable bonds is 3. The van der Waals surface area contributed by atoms with Gasteiger partial charge in [-0.25, -0.2) is 0 Å². The highest BCUT2D eigenvalue weighted by atomic mass is 16.5. The van der Waals surface area contributed by atoms with Gasteiger partial charge in [0.1, 0.15) is 0 Å². The van der Waals surface area contributed by atoms with Crippen molar-refractivity contribution in [2.45, 2.75) is 19.8 Å². The van der Waals surface area contributed by atoms with Gasteiger partial charge in [0.05, 0.1) is 13.2 Å². The molecule has 5 nitrogen and oxygen atoms in total. The van der Waals surface area contributed by atoms with Crippen molar-refractivity contribution in [1.82, 2.24) is 9.80 Å². The molecule has 0 atom stereocenters. The minimum absolute atomic E-state index is 0.0422. The summed E-state index contributed by atoms with van der Waals surface area (Å²) in [6.45, 7) is 5.81. The minimum atomic E-state index is 0.0422. The average Bonchev–Trinajstić information content (AvgIpc) is 2.68. The minimum Gasteiger partial charge on any atom is -0.378 e. The number of nitrogens with zero attached hydrogens (tertiary/aromatic N) is 2. The molecule has 0 radical (unpaired) electrons. The van der Waals surface area contributed by atoms with E-state index in [0.717, 1.165) is 24.0 Å². The van der Waals surface area contributed by atoms with E-state index in [1.54, 1.807) is 0 Å². The number of carbonyl (C=O) groups excluding carboxylic acids is 2. The lowest BCUT2D eigenvalue weighted by molar-refractivity contribution is -0.143. The molecule has 25 heavy (non-hydrogen) atoms. The van der Waals surface area contributed by atoms with Crippen molar-refractivity contribution in [3.63, 3.8) is 0 Å². The highest BCUT2D eigenvalue weighted by Crippen LogP contribution is 2.22. The van der Waals surface area contributed by atoms with Crippen molar-refractivity contribution in [1.29, 1.82) is 0 Å². The normalized spacial score (nSPS) is 19.8. The molecule has 0 unspecified atom stereocenters. The SMILES string of the molecule is C/C(=C\c1ccccc1)C(=O)N1CCC(C(=O)N2CCOCC2)CC1. The fourth-order valence-electron chi connectivity index (χ4n) is 3.48. The van der Waals surface area contributed by atoms with Crippen LogP contribution in [0.4, 0.5) is 0 Å². The van der Waals surface area contributed by atoms with E-state index < -0.39 is 0 Å². The summed E-state index contributed by atoms with van der Waals surface area (Å²) in [5.41, 5.74) is 1.77. The van der Waals surface area contributed by atoms with Gasteiger partial charge in [-0.05, 0) is 31.4 Å². The number of benzene rings is 1. The van der Waals surface area contributed by atoms with Crippen LogP contribution in [0.2, 0.25) is 0 Å². The number of likely N-dealkylation sites (tertiary alicyclic amines) is 1. The average molecular weight is 342 g/mol. The van der Waals surface area contributed by atoms with Gasteiger partial charge in [0, 0.05) is 37.7 Å². The van der Waals surface area contributed by atoms with E-state index >= 15 is 0 Å².